The molecular formula is C9H11NO3. The Balaban J connectivity index is 2.69. The highest BCUT2D eigenvalue weighted by Crippen LogP contribution is 2.15. The number of anilines is 1. The predicted molar refractivity (Wildman–Crippen MR) is 48.8 cm³/mol. The normalized spacial score (nSPS) is 12.1. The average molecular weight is 181 g/mol. The predicted octanol–water partition coefficient (Wildman–Crippen LogP) is 1.28. The first-order valence-corrected chi connectivity index (χ1v) is 3.88. The highest BCUT2D eigenvalue weighted by atomic mass is 16.4. The molecule has 0 amide bonds. The van der Waals surface area contributed by atoms with Crippen LogP contribution in [0.3, 0.4) is 0 Å². The molecule has 0 fully saturated rings. The highest BCUT2D eigenvalue weighted by Gasteiger charge is 2.09. The minimum atomic E-state index is -0.927. The first-order chi connectivity index (χ1) is 6.09. The van der Waals surface area contributed by atoms with Gasteiger partial charge in [-0.05, 0) is 19.1 Å². The van der Waals surface area contributed by atoms with E-state index in [1.54, 1.807) is 12.1 Å². The number of phenolic OH excluding ortho intramolecular Hbond substituents is 1. The number of carboxylic acid groups (broad SMARTS) is 1. The van der Waals surface area contributed by atoms with Gasteiger partial charge in [-0.2, -0.15) is 0 Å². The lowest BCUT2D eigenvalue weighted by Gasteiger charge is -2.10. The van der Waals surface area contributed by atoms with Crippen molar-refractivity contribution in [3.63, 3.8) is 0 Å². The van der Waals surface area contributed by atoms with Crippen LogP contribution in [0.2, 0.25) is 0 Å². The third-order valence-electron chi connectivity index (χ3n) is 1.60. The van der Waals surface area contributed by atoms with E-state index in [2.05, 4.69) is 5.32 Å². The van der Waals surface area contributed by atoms with Crippen LogP contribution in [-0.4, -0.2) is 22.2 Å². The van der Waals surface area contributed by atoms with Crippen molar-refractivity contribution in [1.82, 2.24) is 0 Å². The fourth-order valence-corrected chi connectivity index (χ4v) is 0.907. The van der Waals surface area contributed by atoms with Gasteiger partial charge in [0.2, 0.25) is 0 Å². The van der Waals surface area contributed by atoms with Crippen molar-refractivity contribution in [2.24, 2.45) is 0 Å². The van der Waals surface area contributed by atoms with Gasteiger partial charge < -0.3 is 15.5 Å². The molecule has 13 heavy (non-hydrogen) atoms. The molecule has 0 saturated carbocycles. The van der Waals surface area contributed by atoms with E-state index in [1.807, 2.05) is 0 Å². The maximum atomic E-state index is 10.5. The van der Waals surface area contributed by atoms with Crippen LogP contribution in [0.4, 0.5) is 5.69 Å². The number of carbonyl (C=O) groups is 1. The second kappa shape index (κ2) is 3.80. The lowest BCUT2D eigenvalue weighted by molar-refractivity contribution is -0.137. The molecule has 1 rings (SSSR count). The first kappa shape index (κ1) is 9.38. The number of nitrogens with one attached hydrogen (secondary N) is 1. The van der Waals surface area contributed by atoms with Gasteiger partial charge in [-0.1, -0.05) is 6.07 Å². The standard InChI is InChI=1S/C9H11NO3/c1-6(9(12)13)10-7-3-2-4-8(11)5-7/h2-6,10-11H,1H3,(H,12,13). The van der Waals surface area contributed by atoms with Gasteiger partial charge in [0.1, 0.15) is 11.8 Å². The van der Waals surface area contributed by atoms with Crippen LogP contribution in [-0.2, 0) is 4.79 Å². The summed E-state index contributed by atoms with van der Waals surface area (Å²) in [6, 6.07) is 5.67. The van der Waals surface area contributed by atoms with E-state index >= 15 is 0 Å². The quantitative estimate of drug-likeness (QED) is 0.657. The van der Waals surface area contributed by atoms with Crippen molar-refractivity contribution >= 4 is 11.7 Å². The maximum absolute atomic E-state index is 10.5. The molecule has 0 radical (unpaired) electrons. The van der Waals surface area contributed by atoms with E-state index in [9.17, 15) is 4.79 Å². The summed E-state index contributed by atoms with van der Waals surface area (Å²) in [6.07, 6.45) is 0. The molecule has 0 heterocycles. The Kier molecular flexibility index (Phi) is 2.74. The zero-order valence-electron chi connectivity index (χ0n) is 7.19. The fourth-order valence-electron chi connectivity index (χ4n) is 0.907. The molecule has 1 aromatic rings. The van der Waals surface area contributed by atoms with Gasteiger partial charge in [0.05, 0.1) is 0 Å². The fraction of sp³-hybridized carbons (Fsp3) is 0.222. The molecule has 70 valence electrons. The molecule has 0 saturated heterocycles. The molecular weight excluding hydrogens is 170 g/mol. The highest BCUT2D eigenvalue weighted by molar-refractivity contribution is 5.76. The summed E-state index contributed by atoms with van der Waals surface area (Å²) in [5.41, 5.74) is 0.593. The smallest absolute Gasteiger partial charge is 0.325 e. The monoisotopic (exact) mass is 181 g/mol. The van der Waals surface area contributed by atoms with Crippen molar-refractivity contribution in [2.75, 3.05) is 5.32 Å². The number of aromatic hydroxyl groups is 1. The molecule has 1 atom stereocenters. The molecule has 0 spiro atoms. The van der Waals surface area contributed by atoms with E-state index in [1.165, 1.54) is 19.1 Å². The lowest BCUT2D eigenvalue weighted by atomic mass is 10.2. The first-order valence-electron chi connectivity index (χ1n) is 3.88. The maximum Gasteiger partial charge on any atom is 0.325 e. The topological polar surface area (TPSA) is 69.6 Å². The Morgan fingerprint density at radius 2 is 2.23 bits per heavy atom. The third-order valence-corrected chi connectivity index (χ3v) is 1.60. The van der Waals surface area contributed by atoms with Crippen molar-refractivity contribution in [2.45, 2.75) is 13.0 Å². The number of hydrogen-bond acceptors (Lipinski definition) is 3. The molecule has 0 aliphatic heterocycles. The summed E-state index contributed by atoms with van der Waals surface area (Å²) in [4.78, 5) is 10.5. The third kappa shape index (κ3) is 2.66. The van der Waals surface area contributed by atoms with Crippen molar-refractivity contribution in [3.05, 3.63) is 24.3 Å². The number of aliphatic carboxylic acids is 1. The minimum Gasteiger partial charge on any atom is -0.508 e. The van der Waals surface area contributed by atoms with E-state index in [4.69, 9.17) is 10.2 Å². The van der Waals surface area contributed by atoms with Crippen LogP contribution < -0.4 is 5.32 Å². The summed E-state index contributed by atoms with van der Waals surface area (Å²) < 4.78 is 0. The van der Waals surface area contributed by atoms with Crippen molar-refractivity contribution < 1.29 is 15.0 Å². The number of benzene rings is 1. The molecule has 0 bridgehead atoms. The van der Waals surface area contributed by atoms with Crippen LogP contribution in [0.1, 0.15) is 6.92 Å². The zero-order valence-corrected chi connectivity index (χ0v) is 7.19. The van der Waals surface area contributed by atoms with E-state index < -0.39 is 12.0 Å². The summed E-state index contributed by atoms with van der Waals surface area (Å²) in [5.74, 6) is -0.814. The molecule has 3 N–H and O–H groups in total. The molecule has 0 aliphatic carbocycles. The summed E-state index contributed by atoms with van der Waals surface area (Å²) in [5, 5.41) is 20.4. The van der Waals surface area contributed by atoms with E-state index in [-0.39, 0.29) is 5.75 Å². The second-order valence-corrected chi connectivity index (χ2v) is 2.75. The van der Waals surface area contributed by atoms with Crippen molar-refractivity contribution in [3.8, 4) is 5.75 Å². The Labute approximate surface area is 75.8 Å². The van der Waals surface area contributed by atoms with Crippen LogP contribution >= 0.6 is 0 Å². The van der Waals surface area contributed by atoms with Crippen LogP contribution in [0, 0.1) is 0 Å². The Bertz CT molecular complexity index is 311. The second-order valence-electron chi connectivity index (χ2n) is 2.75. The number of hydrogen-bond donors (Lipinski definition) is 3. The van der Waals surface area contributed by atoms with Gasteiger partial charge in [-0.25, -0.2) is 0 Å². The van der Waals surface area contributed by atoms with Gasteiger partial charge in [0.25, 0.3) is 0 Å². The molecule has 1 unspecified atom stereocenters. The molecule has 4 nitrogen and oxygen atoms in total. The average Bonchev–Trinajstić information content (AvgIpc) is 2.04. The summed E-state index contributed by atoms with van der Waals surface area (Å²) in [6.45, 7) is 1.53. The van der Waals surface area contributed by atoms with Gasteiger partial charge in [0.15, 0.2) is 0 Å². The largest absolute Gasteiger partial charge is 0.508 e. The Hall–Kier alpha value is -1.71. The van der Waals surface area contributed by atoms with E-state index in [0.29, 0.717) is 5.69 Å². The summed E-state index contributed by atoms with van der Waals surface area (Å²) >= 11 is 0. The molecule has 4 heteroatoms. The Morgan fingerprint density at radius 1 is 1.54 bits per heavy atom. The number of carboxylic acids is 1. The minimum absolute atomic E-state index is 0.114. The van der Waals surface area contributed by atoms with Crippen LogP contribution in [0.25, 0.3) is 0 Å². The van der Waals surface area contributed by atoms with E-state index in [0.717, 1.165) is 0 Å². The molecule has 1 aromatic carbocycles. The molecule has 0 aromatic heterocycles. The number of phenols is 1. The van der Waals surface area contributed by atoms with Gasteiger partial charge in [-0.3, -0.25) is 4.79 Å². The lowest BCUT2D eigenvalue weighted by Crippen LogP contribution is -2.25. The van der Waals surface area contributed by atoms with Gasteiger partial charge in [-0.15, -0.1) is 0 Å². The Morgan fingerprint density at radius 3 is 2.77 bits per heavy atom. The molecule has 0 aliphatic rings. The van der Waals surface area contributed by atoms with Crippen molar-refractivity contribution in [1.29, 1.82) is 0 Å². The number of rotatable bonds is 3. The van der Waals surface area contributed by atoms with Crippen LogP contribution in [0.5, 0.6) is 5.75 Å². The summed E-state index contributed by atoms with van der Waals surface area (Å²) in [7, 11) is 0. The van der Waals surface area contributed by atoms with Gasteiger partial charge in [0, 0.05) is 11.8 Å². The van der Waals surface area contributed by atoms with Crippen LogP contribution in [0.15, 0.2) is 24.3 Å². The van der Waals surface area contributed by atoms with Gasteiger partial charge >= 0.3 is 5.97 Å². The zero-order chi connectivity index (χ0) is 9.84. The SMILES string of the molecule is CC(Nc1cccc(O)c1)C(=O)O.